The van der Waals surface area contributed by atoms with E-state index in [2.05, 4.69) is 25.1 Å². The zero-order valence-corrected chi connectivity index (χ0v) is 16.2. The Morgan fingerprint density at radius 3 is 2.67 bits per heavy atom. The van der Waals surface area contributed by atoms with Gasteiger partial charge in [-0.15, -0.1) is 0 Å². The van der Waals surface area contributed by atoms with Gasteiger partial charge in [0, 0.05) is 38.8 Å². The summed E-state index contributed by atoms with van der Waals surface area (Å²) in [6.07, 6.45) is 2.46. The van der Waals surface area contributed by atoms with Crippen molar-refractivity contribution >= 4 is 29.2 Å². The van der Waals surface area contributed by atoms with Crippen LogP contribution < -0.4 is 15.1 Å². The first kappa shape index (κ1) is 19.4. The minimum atomic E-state index is -0.187. The number of hydrogen-bond donors (Lipinski definition) is 1. The summed E-state index contributed by atoms with van der Waals surface area (Å²) in [4.78, 5) is 24.6. The molecule has 27 heavy (non-hydrogen) atoms. The molecule has 1 aromatic carbocycles. The van der Waals surface area contributed by atoms with Crippen LogP contribution in [0.2, 0.25) is 0 Å². The van der Waals surface area contributed by atoms with Crippen molar-refractivity contribution < 1.29 is 9.18 Å². The number of piperazine rings is 1. The Labute approximate surface area is 163 Å². The summed E-state index contributed by atoms with van der Waals surface area (Å²) in [5, 5.41) is 3.64. The largest absolute Gasteiger partial charge is 0.366 e. The molecule has 0 bridgehead atoms. The lowest BCUT2D eigenvalue weighted by molar-refractivity contribution is -0.118. The van der Waals surface area contributed by atoms with Crippen molar-refractivity contribution in [3.05, 3.63) is 42.5 Å². The highest BCUT2D eigenvalue weighted by atomic mass is 32.2. The lowest BCUT2D eigenvalue weighted by Crippen LogP contribution is -2.47. The number of halogens is 1. The average Bonchev–Trinajstić information content (AvgIpc) is 2.71. The van der Waals surface area contributed by atoms with Crippen molar-refractivity contribution in [3.63, 3.8) is 0 Å². The van der Waals surface area contributed by atoms with Crippen molar-refractivity contribution in [1.29, 1.82) is 0 Å². The van der Waals surface area contributed by atoms with E-state index >= 15 is 0 Å². The number of anilines is 2. The van der Waals surface area contributed by atoms with E-state index in [1.54, 1.807) is 6.07 Å². The highest BCUT2D eigenvalue weighted by Gasteiger charge is 2.20. The quantitative estimate of drug-likeness (QED) is 0.580. The number of amides is 1. The fourth-order valence-electron chi connectivity index (χ4n) is 2.92. The van der Waals surface area contributed by atoms with Gasteiger partial charge in [-0.25, -0.2) is 14.4 Å². The van der Waals surface area contributed by atoms with Gasteiger partial charge in [0.25, 0.3) is 0 Å². The Kier molecular flexibility index (Phi) is 6.86. The van der Waals surface area contributed by atoms with Crippen LogP contribution in [0.4, 0.5) is 15.9 Å². The van der Waals surface area contributed by atoms with Gasteiger partial charge in [-0.3, -0.25) is 4.79 Å². The third kappa shape index (κ3) is 5.32. The van der Waals surface area contributed by atoms with Crippen LogP contribution in [0.5, 0.6) is 0 Å². The fourth-order valence-corrected chi connectivity index (χ4v) is 3.61. The van der Waals surface area contributed by atoms with E-state index in [1.165, 1.54) is 24.2 Å². The smallest absolute Gasteiger partial charge is 0.230 e. The van der Waals surface area contributed by atoms with E-state index in [9.17, 15) is 9.18 Å². The van der Waals surface area contributed by atoms with Crippen LogP contribution in [-0.2, 0) is 4.79 Å². The molecule has 8 heteroatoms. The Balaban J connectivity index is 1.55. The van der Waals surface area contributed by atoms with Crippen LogP contribution in [0.1, 0.15) is 13.3 Å². The molecule has 1 aliphatic heterocycles. The molecule has 0 unspecified atom stereocenters. The molecule has 0 spiro atoms. The maximum absolute atomic E-state index is 14.0. The molecule has 6 nitrogen and oxygen atoms in total. The second kappa shape index (κ2) is 9.55. The number of carbonyl (C=O) groups excluding carboxylic acids is 1. The van der Waals surface area contributed by atoms with Crippen LogP contribution in [0.25, 0.3) is 0 Å². The molecule has 1 aromatic heterocycles. The standard InChI is InChI=1S/C19H24FN5OS/c1-2-7-21-18(26)13-27-19-12-17(22-14-23-19)25-10-8-24(9-11-25)16-6-4-3-5-15(16)20/h3-6,12,14H,2,7-11,13H2,1H3,(H,21,26). The van der Waals surface area contributed by atoms with Gasteiger partial charge in [0.1, 0.15) is 23.0 Å². The van der Waals surface area contributed by atoms with Crippen LogP contribution in [0.3, 0.4) is 0 Å². The summed E-state index contributed by atoms with van der Waals surface area (Å²) >= 11 is 1.41. The third-order valence-corrected chi connectivity index (χ3v) is 5.27. The number of nitrogens with one attached hydrogen (secondary N) is 1. The average molecular weight is 390 g/mol. The topological polar surface area (TPSA) is 61.4 Å². The first-order valence-corrected chi connectivity index (χ1v) is 10.1. The zero-order valence-electron chi connectivity index (χ0n) is 15.4. The second-order valence-electron chi connectivity index (χ2n) is 6.28. The Hall–Kier alpha value is -2.35. The number of benzene rings is 1. The SMILES string of the molecule is CCCNC(=O)CSc1cc(N2CCN(c3ccccc3F)CC2)ncn1. The van der Waals surface area contributed by atoms with E-state index in [-0.39, 0.29) is 11.7 Å². The second-order valence-corrected chi connectivity index (χ2v) is 7.27. The summed E-state index contributed by atoms with van der Waals surface area (Å²) in [6, 6.07) is 8.78. The molecule has 0 saturated carbocycles. The molecule has 3 rings (SSSR count). The molecule has 0 aliphatic carbocycles. The molecule has 0 atom stereocenters. The minimum absolute atomic E-state index is 0.0144. The molecule has 2 aromatic rings. The van der Waals surface area contributed by atoms with Gasteiger partial charge in [-0.05, 0) is 18.6 Å². The normalized spacial score (nSPS) is 14.3. The van der Waals surface area contributed by atoms with E-state index in [4.69, 9.17) is 0 Å². The van der Waals surface area contributed by atoms with Gasteiger partial charge < -0.3 is 15.1 Å². The van der Waals surface area contributed by atoms with Gasteiger partial charge in [0.15, 0.2) is 0 Å². The van der Waals surface area contributed by atoms with Crippen molar-refractivity contribution in [2.24, 2.45) is 0 Å². The highest BCUT2D eigenvalue weighted by molar-refractivity contribution is 7.99. The number of para-hydroxylation sites is 1. The summed E-state index contributed by atoms with van der Waals surface area (Å²) in [7, 11) is 0. The summed E-state index contributed by atoms with van der Waals surface area (Å²) in [5.74, 6) is 1.01. The first-order chi connectivity index (χ1) is 13.2. The number of thioether (sulfide) groups is 1. The molecule has 1 aliphatic rings. The van der Waals surface area contributed by atoms with E-state index < -0.39 is 0 Å². The van der Waals surface area contributed by atoms with Crippen molar-refractivity contribution in [1.82, 2.24) is 15.3 Å². The van der Waals surface area contributed by atoms with Gasteiger partial charge in [-0.2, -0.15) is 0 Å². The number of carbonyl (C=O) groups is 1. The van der Waals surface area contributed by atoms with Gasteiger partial charge in [0.2, 0.25) is 5.91 Å². The predicted molar refractivity (Wildman–Crippen MR) is 107 cm³/mol. The Bertz CT molecular complexity index is 767. The third-order valence-electron chi connectivity index (χ3n) is 4.35. The number of aromatic nitrogens is 2. The van der Waals surface area contributed by atoms with Crippen LogP contribution in [-0.4, -0.2) is 54.4 Å². The van der Waals surface area contributed by atoms with E-state index in [0.29, 0.717) is 18.0 Å². The molecular formula is C19H24FN5OS. The number of rotatable bonds is 7. The fraction of sp³-hybridized carbons (Fsp3) is 0.421. The zero-order chi connectivity index (χ0) is 19.1. The van der Waals surface area contributed by atoms with Gasteiger partial charge in [-0.1, -0.05) is 30.8 Å². The van der Waals surface area contributed by atoms with Crippen molar-refractivity contribution in [2.75, 3.05) is 48.3 Å². The molecule has 144 valence electrons. The maximum Gasteiger partial charge on any atom is 0.230 e. The van der Waals surface area contributed by atoms with Crippen LogP contribution in [0.15, 0.2) is 41.7 Å². The number of nitrogens with zero attached hydrogens (tertiary/aromatic N) is 4. The molecule has 1 saturated heterocycles. The molecule has 1 fully saturated rings. The van der Waals surface area contributed by atoms with Gasteiger partial charge in [0.05, 0.1) is 11.4 Å². The van der Waals surface area contributed by atoms with E-state index in [0.717, 1.165) is 43.4 Å². The molecule has 0 radical (unpaired) electrons. The Morgan fingerprint density at radius 1 is 1.19 bits per heavy atom. The van der Waals surface area contributed by atoms with Crippen molar-refractivity contribution in [3.8, 4) is 0 Å². The molecule has 1 N–H and O–H groups in total. The highest BCUT2D eigenvalue weighted by Crippen LogP contribution is 2.23. The number of hydrogen-bond acceptors (Lipinski definition) is 6. The van der Waals surface area contributed by atoms with Gasteiger partial charge >= 0.3 is 0 Å². The first-order valence-electron chi connectivity index (χ1n) is 9.13. The van der Waals surface area contributed by atoms with Crippen LogP contribution in [0, 0.1) is 5.82 Å². The summed E-state index contributed by atoms with van der Waals surface area (Å²) in [6.45, 7) is 5.69. The summed E-state index contributed by atoms with van der Waals surface area (Å²) < 4.78 is 14.0. The van der Waals surface area contributed by atoms with Crippen LogP contribution >= 0.6 is 11.8 Å². The lowest BCUT2D eigenvalue weighted by atomic mass is 10.2. The predicted octanol–water partition coefficient (Wildman–Crippen LogP) is 2.56. The van der Waals surface area contributed by atoms with Crippen molar-refractivity contribution in [2.45, 2.75) is 18.4 Å². The maximum atomic E-state index is 14.0. The molecular weight excluding hydrogens is 365 g/mol. The monoisotopic (exact) mass is 389 g/mol. The lowest BCUT2D eigenvalue weighted by Gasteiger charge is -2.36. The molecule has 2 heterocycles. The van der Waals surface area contributed by atoms with E-state index in [1.807, 2.05) is 25.1 Å². The Morgan fingerprint density at radius 2 is 1.93 bits per heavy atom. The molecule has 1 amide bonds. The summed E-state index contributed by atoms with van der Waals surface area (Å²) in [5.41, 5.74) is 0.647. The minimum Gasteiger partial charge on any atom is -0.366 e.